The molecule has 12 heavy (non-hydrogen) atoms. The first-order chi connectivity index (χ1) is 5.85. The van der Waals surface area contributed by atoms with Crippen LogP contribution in [0.15, 0.2) is 0 Å². The van der Waals surface area contributed by atoms with Gasteiger partial charge in [-0.05, 0) is 26.1 Å². The molecule has 0 radical (unpaired) electrons. The van der Waals surface area contributed by atoms with Gasteiger partial charge < -0.3 is 0 Å². The monoisotopic (exact) mass is 182 g/mol. The van der Waals surface area contributed by atoms with Crippen molar-refractivity contribution in [3.8, 4) is 0 Å². The quantitative estimate of drug-likeness (QED) is 0.393. The van der Waals surface area contributed by atoms with Crippen molar-refractivity contribution in [3.63, 3.8) is 0 Å². The second-order valence-electron chi connectivity index (χ2n) is 2.49. The molecule has 1 rings (SSSR count). The molecule has 0 spiro atoms. The Morgan fingerprint density at radius 1 is 1.17 bits per heavy atom. The van der Waals surface area contributed by atoms with Gasteiger partial charge in [0, 0.05) is 0 Å². The third kappa shape index (κ3) is 6.47. The average Bonchev–Trinajstić information content (AvgIpc) is 2.00. The Balaban J connectivity index is 0.000000202. The molecule has 1 saturated carbocycles. The summed E-state index contributed by atoms with van der Waals surface area (Å²) < 4.78 is 0. The zero-order chi connectivity index (χ0) is 9.23. The zero-order valence-electron chi connectivity index (χ0n) is 6.93. The van der Waals surface area contributed by atoms with Crippen LogP contribution in [-0.4, -0.2) is 10.5 Å². The summed E-state index contributed by atoms with van der Waals surface area (Å²) in [6, 6.07) is 0. The molecule has 0 saturated heterocycles. The number of hydrogen-bond donors (Lipinski definition) is 2. The molecule has 0 aromatic rings. The molecule has 0 aromatic heterocycles. The third-order valence-electron chi connectivity index (χ3n) is 1.89. The van der Waals surface area contributed by atoms with Crippen LogP contribution in [0.4, 0.5) is 0 Å². The van der Waals surface area contributed by atoms with Gasteiger partial charge in [-0.3, -0.25) is 0 Å². The van der Waals surface area contributed by atoms with Crippen LogP contribution in [-0.2, 0) is 20.2 Å². The molecule has 0 amide bonds. The van der Waals surface area contributed by atoms with E-state index < -0.39 is 0 Å². The summed E-state index contributed by atoms with van der Waals surface area (Å²) in [5.74, 6) is 1.12. The first-order valence-corrected chi connectivity index (χ1v) is 3.80. The fourth-order valence-electron chi connectivity index (χ4n) is 0.926. The Kier molecular flexibility index (Phi) is 8.68. The molecular weight excluding hydrogens is 168 g/mol. The average molecular weight is 182 g/mol. The van der Waals surface area contributed by atoms with Gasteiger partial charge in [0.15, 0.2) is 0 Å². The van der Waals surface area contributed by atoms with Crippen molar-refractivity contribution < 1.29 is 30.7 Å². The molecule has 0 atom stereocenters. The summed E-state index contributed by atoms with van der Waals surface area (Å²) >= 11 is 0. The van der Waals surface area contributed by atoms with E-state index in [9.17, 15) is 0 Å². The van der Waals surface area contributed by atoms with E-state index in [1.165, 1.54) is 25.7 Å². The van der Waals surface area contributed by atoms with Gasteiger partial charge in [0.25, 0.3) is 0 Å². The van der Waals surface area contributed by atoms with Gasteiger partial charge in [-0.15, -0.1) is 0 Å². The van der Waals surface area contributed by atoms with E-state index in [1.807, 2.05) is 0 Å². The highest BCUT2D eigenvalue weighted by Crippen LogP contribution is 2.28. The summed E-state index contributed by atoms with van der Waals surface area (Å²) in [6.07, 6.45) is 5.94. The lowest BCUT2D eigenvalue weighted by Crippen LogP contribution is -2.08. The first kappa shape index (κ1) is 11.8. The molecule has 6 nitrogen and oxygen atoms in total. The summed E-state index contributed by atoms with van der Waals surface area (Å²) in [5, 5.41) is 26.0. The highest BCUT2D eigenvalue weighted by atomic mass is 17.8. The fraction of sp³-hybridized carbons (Fsp3) is 1.00. The van der Waals surface area contributed by atoms with Gasteiger partial charge in [0.05, 0.1) is 0 Å². The third-order valence-corrected chi connectivity index (χ3v) is 1.89. The molecule has 1 aliphatic carbocycles. The molecule has 0 aliphatic heterocycles. The second kappa shape index (κ2) is 8.85. The number of hydrogen-bond acceptors (Lipinski definition) is 6. The van der Waals surface area contributed by atoms with Crippen LogP contribution >= 0.6 is 0 Å². The highest BCUT2D eigenvalue weighted by molar-refractivity contribution is 4.66. The zero-order valence-corrected chi connectivity index (χ0v) is 6.93. The largest absolute Gasteiger partial charge is 0.219 e. The van der Waals surface area contributed by atoms with Crippen LogP contribution in [0.1, 0.15) is 32.6 Å². The van der Waals surface area contributed by atoms with Crippen LogP contribution in [0.2, 0.25) is 0 Å². The minimum atomic E-state index is 1.12. The maximum Gasteiger partial charge on any atom is -0.00277 e. The Morgan fingerprint density at radius 2 is 1.67 bits per heavy atom. The normalized spacial score (nSPS) is 16.2. The van der Waals surface area contributed by atoms with Crippen LogP contribution in [0.5, 0.6) is 0 Å². The standard InChI is InChI=1S/C6H12.H2O6/c1-2-6-4-3-5-6;1-3-5-6-4-2/h6H,2-5H2,1H3;1-2H. The van der Waals surface area contributed by atoms with Gasteiger partial charge >= 0.3 is 0 Å². The molecule has 74 valence electrons. The molecule has 1 aliphatic rings. The van der Waals surface area contributed by atoms with Crippen LogP contribution in [0.25, 0.3) is 0 Å². The topological polar surface area (TPSA) is 77.4 Å². The van der Waals surface area contributed by atoms with Crippen LogP contribution in [0, 0.1) is 5.92 Å². The molecule has 2 N–H and O–H groups in total. The SMILES string of the molecule is CCC1CCC1.OOOOOO. The van der Waals surface area contributed by atoms with Crippen molar-refractivity contribution in [3.05, 3.63) is 0 Å². The summed E-state index contributed by atoms with van der Waals surface area (Å²) in [7, 11) is 0. The van der Waals surface area contributed by atoms with Crippen LogP contribution < -0.4 is 0 Å². The Bertz CT molecular complexity index is 77.4. The van der Waals surface area contributed by atoms with Crippen molar-refractivity contribution in [1.82, 2.24) is 0 Å². The van der Waals surface area contributed by atoms with E-state index >= 15 is 0 Å². The summed E-state index contributed by atoms with van der Waals surface area (Å²) in [5.41, 5.74) is 0. The van der Waals surface area contributed by atoms with Crippen molar-refractivity contribution in [1.29, 1.82) is 0 Å². The van der Waals surface area contributed by atoms with Gasteiger partial charge in [-0.1, -0.05) is 32.6 Å². The maximum atomic E-state index is 7.16. The van der Waals surface area contributed by atoms with E-state index in [0.717, 1.165) is 5.92 Å². The van der Waals surface area contributed by atoms with Gasteiger partial charge in [0.1, 0.15) is 0 Å². The molecular formula is C6H14O6. The van der Waals surface area contributed by atoms with E-state index in [4.69, 9.17) is 10.5 Å². The van der Waals surface area contributed by atoms with E-state index in [-0.39, 0.29) is 0 Å². The van der Waals surface area contributed by atoms with E-state index in [2.05, 4.69) is 27.1 Å². The summed E-state index contributed by atoms with van der Waals surface area (Å²) in [4.78, 5) is 0. The Hall–Kier alpha value is -0.240. The molecule has 0 bridgehead atoms. The maximum absolute atomic E-state index is 7.16. The minimum Gasteiger partial charge on any atom is -0.219 e. The highest BCUT2D eigenvalue weighted by Gasteiger charge is 2.13. The summed E-state index contributed by atoms with van der Waals surface area (Å²) in [6.45, 7) is 2.28. The molecule has 1 fully saturated rings. The fourth-order valence-corrected chi connectivity index (χ4v) is 0.926. The van der Waals surface area contributed by atoms with Crippen LogP contribution in [0.3, 0.4) is 0 Å². The van der Waals surface area contributed by atoms with Crippen molar-refractivity contribution >= 4 is 0 Å². The molecule has 0 aromatic carbocycles. The predicted octanol–water partition coefficient (Wildman–Crippen LogP) is 1.94. The van der Waals surface area contributed by atoms with Crippen molar-refractivity contribution in [2.24, 2.45) is 5.92 Å². The van der Waals surface area contributed by atoms with E-state index in [1.54, 1.807) is 0 Å². The molecule has 0 heterocycles. The van der Waals surface area contributed by atoms with Crippen molar-refractivity contribution in [2.75, 3.05) is 0 Å². The lowest BCUT2D eigenvalue weighted by atomic mass is 9.84. The molecule has 6 heteroatoms. The minimum absolute atomic E-state index is 1.12. The Labute approximate surface area is 70.3 Å². The first-order valence-electron chi connectivity index (χ1n) is 3.80. The smallest absolute Gasteiger partial charge is 0.00277 e. The van der Waals surface area contributed by atoms with Gasteiger partial charge in [-0.25, -0.2) is 10.5 Å². The second-order valence-corrected chi connectivity index (χ2v) is 2.49. The predicted molar refractivity (Wildman–Crippen MR) is 37.2 cm³/mol. The van der Waals surface area contributed by atoms with Gasteiger partial charge in [-0.2, -0.15) is 0 Å². The lowest BCUT2D eigenvalue weighted by molar-refractivity contribution is -0.749. The van der Waals surface area contributed by atoms with Gasteiger partial charge in [0.2, 0.25) is 0 Å². The lowest BCUT2D eigenvalue weighted by Gasteiger charge is -2.22. The Morgan fingerprint density at radius 3 is 1.75 bits per heavy atom. The number of rotatable bonds is 4. The van der Waals surface area contributed by atoms with E-state index in [0.29, 0.717) is 0 Å². The van der Waals surface area contributed by atoms with Crippen molar-refractivity contribution in [2.45, 2.75) is 32.6 Å². The molecule has 0 unspecified atom stereocenters.